The number of aromatic nitrogens is 3. The van der Waals surface area contributed by atoms with E-state index in [9.17, 15) is 0 Å². The van der Waals surface area contributed by atoms with Gasteiger partial charge < -0.3 is 0 Å². The maximum Gasteiger partial charge on any atom is 0.163 e. The molecule has 27 heavy (non-hydrogen) atoms. The summed E-state index contributed by atoms with van der Waals surface area (Å²) < 4.78 is 1.89. The molecule has 0 radical (unpaired) electrons. The van der Waals surface area contributed by atoms with Gasteiger partial charge in [-0.1, -0.05) is 73.8 Å². The van der Waals surface area contributed by atoms with Crippen molar-refractivity contribution < 1.29 is 0 Å². The van der Waals surface area contributed by atoms with Gasteiger partial charge in [0, 0.05) is 25.1 Å². The van der Waals surface area contributed by atoms with E-state index < -0.39 is 0 Å². The summed E-state index contributed by atoms with van der Waals surface area (Å²) in [5, 5.41) is 0.638. The van der Waals surface area contributed by atoms with E-state index in [2.05, 4.69) is 46.8 Å². The van der Waals surface area contributed by atoms with Crippen LogP contribution in [0.1, 0.15) is 0 Å². The normalized spacial score (nSPS) is 10.8. The van der Waals surface area contributed by atoms with Crippen molar-refractivity contribution in [1.29, 1.82) is 0 Å². The summed E-state index contributed by atoms with van der Waals surface area (Å²) in [6.45, 7) is 0. The van der Waals surface area contributed by atoms with E-state index in [1.807, 2.05) is 66.7 Å². The van der Waals surface area contributed by atoms with Gasteiger partial charge in [-0.15, -0.1) is 0 Å². The second-order valence-corrected chi connectivity index (χ2v) is 8.15. The second kappa shape index (κ2) is 7.89. The van der Waals surface area contributed by atoms with Gasteiger partial charge in [0.15, 0.2) is 11.6 Å². The van der Waals surface area contributed by atoms with E-state index in [0.29, 0.717) is 16.7 Å². The van der Waals surface area contributed by atoms with Crippen LogP contribution in [0.5, 0.6) is 0 Å². The van der Waals surface area contributed by atoms with Crippen LogP contribution < -0.4 is 0 Å². The fraction of sp³-hybridized carbons (Fsp3) is 0. The standard InChI is InChI=1S/C21H12Br2ClN3/c22-17-7-16(8-18(23)11-17)21-26-12-25-20(27-21)15-6-14(9-19(24)10-15)13-4-2-1-3-5-13/h1-12H. The summed E-state index contributed by atoms with van der Waals surface area (Å²) in [6, 6.07) is 21.8. The maximum absolute atomic E-state index is 6.36. The Kier molecular flexibility index (Phi) is 5.34. The molecular formula is C21H12Br2ClN3. The minimum absolute atomic E-state index is 0.579. The number of benzene rings is 3. The van der Waals surface area contributed by atoms with Crippen LogP contribution in [0.25, 0.3) is 33.9 Å². The number of hydrogen-bond acceptors (Lipinski definition) is 3. The Morgan fingerprint density at radius 1 is 0.630 bits per heavy atom. The van der Waals surface area contributed by atoms with Crippen molar-refractivity contribution in [3.63, 3.8) is 0 Å². The average molecular weight is 502 g/mol. The van der Waals surface area contributed by atoms with Gasteiger partial charge in [0.2, 0.25) is 0 Å². The van der Waals surface area contributed by atoms with Gasteiger partial charge in [-0.05, 0) is 47.5 Å². The van der Waals surface area contributed by atoms with E-state index in [-0.39, 0.29) is 0 Å². The number of rotatable bonds is 3. The first-order chi connectivity index (χ1) is 13.1. The minimum atomic E-state index is 0.579. The fourth-order valence-corrected chi connectivity index (χ4v) is 4.30. The summed E-state index contributed by atoms with van der Waals surface area (Å²) in [5.41, 5.74) is 3.85. The number of nitrogens with zero attached hydrogens (tertiary/aromatic N) is 3. The smallest absolute Gasteiger partial charge is 0.163 e. The SMILES string of the molecule is Clc1cc(-c2ccccc2)cc(-c2ncnc(-c3cc(Br)cc(Br)c3)n2)c1. The highest BCUT2D eigenvalue weighted by molar-refractivity contribution is 9.11. The van der Waals surface area contributed by atoms with Gasteiger partial charge in [-0.3, -0.25) is 0 Å². The lowest BCUT2D eigenvalue weighted by atomic mass is 10.0. The molecule has 0 amide bonds. The van der Waals surface area contributed by atoms with E-state index >= 15 is 0 Å². The molecule has 0 spiro atoms. The van der Waals surface area contributed by atoms with Gasteiger partial charge >= 0.3 is 0 Å². The van der Waals surface area contributed by atoms with Gasteiger partial charge in [0.1, 0.15) is 6.33 Å². The van der Waals surface area contributed by atoms with Crippen LogP contribution in [0.4, 0.5) is 0 Å². The highest BCUT2D eigenvalue weighted by Gasteiger charge is 2.10. The van der Waals surface area contributed by atoms with E-state index in [1.54, 1.807) is 0 Å². The third-order valence-corrected chi connectivity index (χ3v) is 5.09. The Hall–Kier alpha value is -2.08. The van der Waals surface area contributed by atoms with Crippen molar-refractivity contribution in [3.05, 3.63) is 87.0 Å². The molecule has 0 saturated carbocycles. The quantitative estimate of drug-likeness (QED) is 0.302. The van der Waals surface area contributed by atoms with E-state index in [1.165, 1.54) is 6.33 Å². The van der Waals surface area contributed by atoms with Crippen LogP contribution >= 0.6 is 43.5 Å². The monoisotopic (exact) mass is 499 g/mol. The van der Waals surface area contributed by atoms with Crippen LogP contribution in [-0.2, 0) is 0 Å². The lowest BCUT2D eigenvalue weighted by Crippen LogP contribution is -1.96. The lowest BCUT2D eigenvalue weighted by Gasteiger charge is -2.08. The molecule has 1 heterocycles. The first-order valence-electron chi connectivity index (χ1n) is 8.10. The number of hydrogen-bond donors (Lipinski definition) is 0. The zero-order chi connectivity index (χ0) is 18.8. The van der Waals surface area contributed by atoms with Crippen LogP contribution in [0.3, 0.4) is 0 Å². The molecule has 4 aromatic rings. The van der Waals surface area contributed by atoms with Crippen molar-refractivity contribution in [2.24, 2.45) is 0 Å². The predicted octanol–water partition coefficient (Wildman–Crippen LogP) is 7.05. The molecular weight excluding hydrogens is 490 g/mol. The summed E-state index contributed by atoms with van der Waals surface area (Å²) in [7, 11) is 0. The van der Waals surface area contributed by atoms with Crippen molar-refractivity contribution in [1.82, 2.24) is 15.0 Å². The highest BCUT2D eigenvalue weighted by atomic mass is 79.9. The largest absolute Gasteiger partial charge is 0.217 e. The minimum Gasteiger partial charge on any atom is -0.217 e. The molecule has 0 unspecified atom stereocenters. The Bertz CT molecular complexity index is 1100. The second-order valence-electron chi connectivity index (χ2n) is 5.89. The Morgan fingerprint density at radius 2 is 1.22 bits per heavy atom. The molecule has 0 aliphatic carbocycles. The van der Waals surface area contributed by atoms with Crippen molar-refractivity contribution in [3.8, 4) is 33.9 Å². The summed E-state index contributed by atoms with van der Waals surface area (Å²) in [4.78, 5) is 13.3. The fourth-order valence-electron chi connectivity index (χ4n) is 2.77. The van der Waals surface area contributed by atoms with Gasteiger partial charge in [-0.25, -0.2) is 15.0 Å². The first-order valence-corrected chi connectivity index (χ1v) is 10.1. The van der Waals surface area contributed by atoms with Crippen LogP contribution in [0, 0.1) is 0 Å². The van der Waals surface area contributed by atoms with E-state index in [4.69, 9.17) is 11.6 Å². The molecule has 0 aliphatic heterocycles. The summed E-state index contributed by atoms with van der Waals surface area (Å²) >= 11 is 13.4. The van der Waals surface area contributed by atoms with E-state index in [0.717, 1.165) is 31.2 Å². The number of halogens is 3. The predicted molar refractivity (Wildman–Crippen MR) is 117 cm³/mol. The molecule has 0 saturated heterocycles. The average Bonchev–Trinajstić information content (AvgIpc) is 2.67. The highest BCUT2D eigenvalue weighted by Crippen LogP contribution is 2.30. The van der Waals surface area contributed by atoms with Crippen LogP contribution in [-0.4, -0.2) is 15.0 Å². The van der Waals surface area contributed by atoms with Crippen LogP contribution in [0.15, 0.2) is 82.0 Å². The Labute approximate surface area is 178 Å². The van der Waals surface area contributed by atoms with Crippen molar-refractivity contribution in [2.45, 2.75) is 0 Å². The zero-order valence-electron chi connectivity index (χ0n) is 13.9. The summed E-state index contributed by atoms with van der Waals surface area (Å²) in [5.74, 6) is 1.18. The third kappa shape index (κ3) is 4.26. The summed E-state index contributed by atoms with van der Waals surface area (Å²) in [6.07, 6.45) is 1.52. The molecule has 3 nitrogen and oxygen atoms in total. The maximum atomic E-state index is 6.36. The van der Waals surface area contributed by atoms with Crippen molar-refractivity contribution in [2.75, 3.05) is 0 Å². The molecule has 132 valence electrons. The molecule has 0 fully saturated rings. The van der Waals surface area contributed by atoms with Crippen LogP contribution in [0.2, 0.25) is 5.02 Å². The first kappa shape index (κ1) is 18.3. The van der Waals surface area contributed by atoms with Gasteiger partial charge in [0.05, 0.1) is 0 Å². The molecule has 0 bridgehead atoms. The molecule has 0 aliphatic rings. The Morgan fingerprint density at radius 3 is 1.89 bits per heavy atom. The molecule has 3 aromatic carbocycles. The third-order valence-electron chi connectivity index (χ3n) is 3.96. The molecule has 1 aromatic heterocycles. The zero-order valence-corrected chi connectivity index (χ0v) is 17.8. The molecule has 0 atom stereocenters. The Balaban J connectivity index is 1.79. The molecule has 4 rings (SSSR count). The lowest BCUT2D eigenvalue weighted by molar-refractivity contribution is 1.06. The topological polar surface area (TPSA) is 38.7 Å². The molecule has 6 heteroatoms. The van der Waals surface area contributed by atoms with Crippen molar-refractivity contribution >= 4 is 43.5 Å². The molecule has 0 N–H and O–H groups in total. The van der Waals surface area contributed by atoms with Gasteiger partial charge in [0.25, 0.3) is 0 Å². The van der Waals surface area contributed by atoms with Gasteiger partial charge in [-0.2, -0.15) is 0 Å².